The van der Waals surface area contributed by atoms with Crippen LogP contribution >= 0.6 is 0 Å². The summed E-state index contributed by atoms with van der Waals surface area (Å²) in [6.07, 6.45) is 6.47. The Labute approximate surface area is 276 Å². The van der Waals surface area contributed by atoms with Gasteiger partial charge in [-0.15, -0.1) is 5.10 Å². The largest absolute Gasteiger partial charge is 0.497 e. The molecule has 0 spiro atoms. The first-order chi connectivity index (χ1) is 24.8. The van der Waals surface area contributed by atoms with Crippen LogP contribution in [0.1, 0.15) is 68.8 Å². The molecule has 12 nitrogen and oxygen atoms in total. The number of carbonyl (C=O) groups excluding carboxylic acids is 1. The van der Waals surface area contributed by atoms with Crippen LogP contribution in [0.2, 0.25) is 0 Å². The minimum Gasteiger partial charge on any atom is -0.497 e. The Morgan fingerprint density at radius 3 is 2.78 bits per heavy atom. The SMILES string of the molecule is [2H]C([2H])([2H])OC1CCC(n2cccc(Nc3cc(N(Cc4ccc(OC)cc4)C([2H])([2H])[2H])c4ncc(C(=O)N[C@@H]5C[C@H]6CCO[C@H]65)n4n3)c2=O)CC1. The van der Waals surface area contributed by atoms with E-state index in [1.165, 1.54) is 21.7 Å². The van der Waals surface area contributed by atoms with Crippen LogP contribution in [-0.2, 0) is 16.0 Å². The van der Waals surface area contributed by atoms with E-state index in [1.54, 1.807) is 54.3 Å². The zero-order valence-corrected chi connectivity index (χ0v) is 25.5. The number of anilines is 3. The number of ether oxygens (including phenoxy) is 3. The summed E-state index contributed by atoms with van der Waals surface area (Å²) in [7, 11) is -0.929. The molecule has 2 N–H and O–H groups in total. The summed E-state index contributed by atoms with van der Waals surface area (Å²) in [4.78, 5) is 33.2. The Hall–Kier alpha value is -4.42. The molecule has 3 fully saturated rings. The predicted molar refractivity (Wildman–Crippen MR) is 174 cm³/mol. The van der Waals surface area contributed by atoms with Gasteiger partial charge >= 0.3 is 0 Å². The van der Waals surface area contributed by atoms with Crippen molar-refractivity contribution < 1.29 is 27.2 Å². The molecule has 1 aromatic carbocycles. The van der Waals surface area contributed by atoms with E-state index < -0.39 is 26.0 Å². The Kier molecular flexibility index (Phi) is 6.62. The molecule has 3 aromatic heterocycles. The number of rotatable bonds is 10. The van der Waals surface area contributed by atoms with Crippen molar-refractivity contribution in [3.05, 3.63) is 76.5 Å². The monoisotopic (exact) mass is 633 g/mol. The van der Waals surface area contributed by atoms with E-state index in [0.29, 0.717) is 49.5 Å². The zero-order chi connectivity index (χ0) is 36.8. The normalized spacial score (nSPS) is 26.3. The molecule has 4 heterocycles. The van der Waals surface area contributed by atoms with Crippen molar-refractivity contribution in [3.63, 3.8) is 0 Å². The zero-order valence-electron chi connectivity index (χ0n) is 31.5. The van der Waals surface area contributed by atoms with Crippen LogP contribution in [0.15, 0.2) is 59.7 Å². The first-order valence-electron chi connectivity index (χ1n) is 18.7. The van der Waals surface area contributed by atoms with Crippen molar-refractivity contribution in [2.75, 3.05) is 37.9 Å². The molecule has 3 aliphatic rings. The summed E-state index contributed by atoms with van der Waals surface area (Å²) in [6, 6.07) is 11.5. The number of methoxy groups -OCH3 is 2. The van der Waals surface area contributed by atoms with Gasteiger partial charge in [0.1, 0.15) is 11.4 Å². The molecular weight excluding hydrogens is 586 g/mol. The lowest BCUT2D eigenvalue weighted by molar-refractivity contribution is -0.000686. The van der Waals surface area contributed by atoms with Gasteiger partial charge in [-0.2, -0.15) is 0 Å². The van der Waals surface area contributed by atoms with E-state index in [-0.39, 0.29) is 58.8 Å². The van der Waals surface area contributed by atoms with Crippen molar-refractivity contribution in [2.45, 2.75) is 69.4 Å². The number of pyridine rings is 1. The van der Waals surface area contributed by atoms with Crippen molar-refractivity contribution in [2.24, 2.45) is 5.92 Å². The highest BCUT2D eigenvalue weighted by atomic mass is 16.5. The highest BCUT2D eigenvalue weighted by Crippen LogP contribution is 2.38. The molecule has 2 aliphatic carbocycles. The molecule has 1 aliphatic heterocycles. The number of imidazole rings is 1. The number of aromatic nitrogens is 4. The minimum absolute atomic E-state index is 0.0381. The Bertz CT molecular complexity index is 1970. The summed E-state index contributed by atoms with van der Waals surface area (Å²) < 4.78 is 67.0. The molecule has 3 atom stereocenters. The average molecular weight is 634 g/mol. The molecule has 0 radical (unpaired) electrons. The van der Waals surface area contributed by atoms with E-state index in [9.17, 15) is 9.59 Å². The molecular formula is C34H41N7O5. The maximum absolute atomic E-state index is 13.8. The van der Waals surface area contributed by atoms with Crippen LogP contribution < -0.4 is 25.8 Å². The number of nitrogens with one attached hydrogen (secondary N) is 2. The summed E-state index contributed by atoms with van der Waals surface area (Å²) in [5, 5.41) is 10.8. The quantitative estimate of drug-likeness (QED) is 0.263. The van der Waals surface area contributed by atoms with E-state index in [4.69, 9.17) is 22.4 Å². The number of benzene rings is 1. The van der Waals surface area contributed by atoms with Crippen molar-refractivity contribution in [3.8, 4) is 5.75 Å². The van der Waals surface area contributed by atoms with Crippen molar-refractivity contribution in [1.82, 2.24) is 24.5 Å². The molecule has 1 saturated heterocycles. The Morgan fingerprint density at radius 1 is 1.17 bits per heavy atom. The van der Waals surface area contributed by atoms with Crippen LogP contribution in [0.4, 0.5) is 17.2 Å². The topological polar surface area (TPSA) is 124 Å². The maximum Gasteiger partial charge on any atom is 0.274 e. The fraction of sp³-hybridized carbons (Fsp3) is 0.471. The van der Waals surface area contributed by atoms with E-state index in [0.717, 1.165) is 12.8 Å². The number of hydrogen-bond donors (Lipinski definition) is 2. The molecule has 2 saturated carbocycles. The van der Waals surface area contributed by atoms with Gasteiger partial charge in [0.25, 0.3) is 11.5 Å². The molecule has 7 rings (SSSR count). The highest BCUT2D eigenvalue weighted by Gasteiger charge is 2.46. The van der Waals surface area contributed by atoms with Crippen molar-refractivity contribution in [1.29, 1.82) is 0 Å². The molecule has 46 heavy (non-hydrogen) atoms. The van der Waals surface area contributed by atoms with Gasteiger partial charge in [-0.25, -0.2) is 9.50 Å². The molecule has 0 bridgehead atoms. The molecule has 0 unspecified atom stereocenters. The lowest BCUT2D eigenvalue weighted by Crippen LogP contribution is -2.54. The summed E-state index contributed by atoms with van der Waals surface area (Å²) >= 11 is 0. The van der Waals surface area contributed by atoms with Gasteiger partial charge in [0.2, 0.25) is 0 Å². The van der Waals surface area contributed by atoms with Crippen LogP contribution in [0, 0.1) is 5.92 Å². The fourth-order valence-corrected chi connectivity index (χ4v) is 6.84. The second-order valence-corrected chi connectivity index (χ2v) is 12.2. The van der Waals surface area contributed by atoms with Gasteiger partial charge in [-0.1, -0.05) is 12.1 Å². The first-order valence-corrected chi connectivity index (χ1v) is 15.7. The van der Waals surface area contributed by atoms with Crippen LogP contribution in [0.25, 0.3) is 5.65 Å². The maximum atomic E-state index is 13.8. The third-order valence-electron chi connectivity index (χ3n) is 9.45. The minimum atomic E-state index is -2.64. The summed E-state index contributed by atoms with van der Waals surface area (Å²) in [5.41, 5.74) is 0.938. The lowest BCUT2D eigenvalue weighted by Gasteiger charge is -2.39. The highest BCUT2D eigenvalue weighted by molar-refractivity contribution is 5.94. The number of amides is 1. The number of carbonyl (C=O) groups is 1. The first kappa shape index (κ1) is 23.9. The van der Waals surface area contributed by atoms with E-state index in [1.807, 2.05) is 0 Å². The Balaban J connectivity index is 1.23. The molecule has 242 valence electrons. The third kappa shape index (κ3) is 5.82. The van der Waals surface area contributed by atoms with E-state index in [2.05, 4.69) is 20.7 Å². The number of hydrogen-bond acceptors (Lipinski definition) is 9. The third-order valence-corrected chi connectivity index (χ3v) is 9.45. The lowest BCUT2D eigenvalue weighted by atomic mass is 9.77. The molecule has 4 aromatic rings. The molecule has 1 amide bonds. The molecule has 12 heteroatoms. The van der Waals surface area contributed by atoms with Gasteiger partial charge in [0.05, 0.1) is 41.4 Å². The van der Waals surface area contributed by atoms with Gasteiger partial charge in [-0.3, -0.25) is 9.59 Å². The van der Waals surface area contributed by atoms with E-state index >= 15 is 0 Å². The van der Waals surface area contributed by atoms with Crippen LogP contribution in [-0.4, -0.2) is 71.1 Å². The number of fused-ring (bicyclic) bond motifs is 2. The summed E-state index contributed by atoms with van der Waals surface area (Å²) in [6.45, 7) is -2.02. The van der Waals surface area contributed by atoms with Gasteiger partial charge < -0.3 is 34.3 Å². The second kappa shape index (κ2) is 12.8. The summed E-state index contributed by atoms with van der Waals surface area (Å²) in [5.74, 6) is 0.729. The smallest absolute Gasteiger partial charge is 0.274 e. The van der Waals surface area contributed by atoms with Crippen LogP contribution in [0.3, 0.4) is 0 Å². The number of nitrogens with zero attached hydrogens (tertiary/aromatic N) is 5. The second-order valence-electron chi connectivity index (χ2n) is 12.2. The predicted octanol–water partition coefficient (Wildman–Crippen LogP) is 4.32. The van der Waals surface area contributed by atoms with Crippen LogP contribution in [0.5, 0.6) is 5.75 Å². The van der Waals surface area contributed by atoms with Gasteiger partial charge in [0, 0.05) is 49.6 Å². The van der Waals surface area contributed by atoms with Crippen molar-refractivity contribution >= 4 is 28.7 Å². The Morgan fingerprint density at radius 2 is 2.02 bits per heavy atom. The van der Waals surface area contributed by atoms with Gasteiger partial charge in [0.15, 0.2) is 17.2 Å². The average Bonchev–Trinajstić information content (AvgIpc) is 3.69. The van der Waals surface area contributed by atoms with Gasteiger partial charge in [-0.05, 0) is 74.3 Å². The fourth-order valence-electron chi connectivity index (χ4n) is 6.84. The standard InChI is InChI=1S/C34H41N7O5/c1-39(20-21-6-10-24(44-2)11-7-21)28-18-30(36-26-5-4-15-40(34(26)43)23-8-12-25(45-3)13-9-23)38-41-29(19-35-32(28)41)33(42)37-27-17-22-14-16-46-31(22)27/h4-7,10-11,15,18-19,22-23,25,27,31H,8-9,12-14,16-17,20H2,1-3H3,(H,36,38)(H,37,42)/t22-,23?,25?,27-,31-/m1/s1/i1D3,3D3.